The van der Waals surface area contributed by atoms with Crippen molar-refractivity contribution < 1.29 is 0 Å². The zero-order valence-corrected chi connectivity index (χ0v) is 21.4. The Morgan fingerprint density at radius 3 is 2.77 bits per heavy atom. The molecule has 0 radical (unpaired) electrons. The van der Waals surface area contributed by atoms with E-state index in [0.29, 0.717) is 5.92 Å². The first-order valence-electron chi connectivity index (χ1n) is 11.1. The Hall–Kier alpha value is -1.58. The van der Waals surface area contributed by atoms with Gasteiger partial charge in [0.05, 0.1) is 0 Å². The van der Waals surface area contributed by atoms with Crippen molar-refractivity contribution in [2.45, 2.75) is 32.7 Å². The quantitative estimate of drug-likeness (QED) is 0.213. The number of rotatable bonds is 8. The number of piperidine rings is 1. The highest BCUT2D eigenvalue weighted by Gasteiger charge is 2.19. The van der Waals surface area contributed by atoms with E-state index in [1.54, 1.807) is 0 Å². The Labute approximate surface area is 206 Å². The first kappa shape index (κ1) is 24.1. The number of aliphatic imine (C=N–C) groups is 1. The zero-order chi connectivity index (χ0) is 20.6. The van der Waals surface area contributed by atoms with Crippen molar-refractivity contribution >= 4 is 52.2 Å². The molecule has 0 atom stereocenters. The van der Waals surface area contributed by atoms with E-state index in [4.69, 9.17) is 4.99 Å². The molecular weight excluding hydrogens is 517 g/mol. The van der Waals surface area contributed by atoms with Gasteiger partial charge in [-0.15, -0.1) is 35.3 Å². The second kappa shape index (κ2) is 12.5. The van der Waals surface area contributed by atoms with Crippen LogP contribution in [0.4, 0.5) is 0 Å². The number of thiophene rings is 1. The molecule has 1 aliphatic rings. The maximum absolute atomic E-state index is 4.89. The summed E-state index contributed by atoms with van der Waals surface area (Å²) in [7, 11) is 0. The molecule has 31 heavy (non-hydrogen) atoms. The number of nitrogens with zero attached hydrogens (tertiary/aromatic N) is 2. The molecule has 3 aromatic rings. The lowest BCUT2D eigenvalue weighted by molar-refractivity contribution is 0.182. The van der Waals surface area contributed by atoms with Crippen LogP contribution in [0.25, 0.3) is 10.9 Å². The number of guanidine groups is 1. The minimum atomic E-state index is 0. The van der Waals surface area contributed by atoms with Gasteiger partial charge in [0.15, 0.2) is 5.96 Å². The van der Waals surface area contributed by atoms with Gasteiger partial charge in [0.1, 0.15) is 0 Å². The highest BCUT2D eigenvalue weighted by Crippen LogP contribution is 2.21. The van der Waals surface area contributed by atoms with Gasteiger partial charge in [0.2, 0.25) is 0 Å². The van der Waals surface area contributed by atoms with Crippen molar-refractivity contribution in [3.63, 3.8) is 0 Å². The third-order valence-corrected chi connectivity index (χ3v) is 6.74. The molecule has 0 spiro atoms. The molecule has 3 heterocycles. The van der Waals surface area contributed by atoms with Crippen LogP contribution in [-0.4, -0.2) is 48.6 Å². The number of benzene rings is 1. The van der Waals surface area contributed by atoms with Crippen LogP contribution < -0.4 is 10.6 Å². The van der Waals surface area contributed by atoms with Gasteiger partial charge < -0.3 is 15.6 Å². The Kier molecular flexibility index (Phi) is 9.67. The van der Waals surface area contributed by atoms with Gasteiger partial charge >= 0.3 is 0 Å². The number of hydrogen-bond acceptors (Lipinski definition) is 3. The summed E-state index contributed by atoms with van der Waals surface area (Å²) in [5.74, 6) is 1.63. The van der Waals surface area contributed by atoms with Crippen molar-refractivity contribution in [3.05, 3.63) is 58.4 Å². The number of H-pyrrole nitrogens is 1. The smallest absolute Gasteiger partial charge is 0.191 e. The maximum Gasteiger partial charge on any atom is 0.191 e. The van der Waals surface area contributed by atoms with Gasteiger partial charge in [0.25, 0.3) is 0 Å². The van der Waals surface area contributed by atoms with Gasteiger partial charge in [-0.1, -0.05) is 24.3 Å². The highest BCUT2D eigenvalue weighted by molar-refractivity contribution is 14.0. The fourth-order valence-electron chi connectivity index (χ4n) is 4.17. The number of aromatic nitrogens is 1. The fourth-order valence-corrected chi connectivity index (χ4v) is 4.91. The Bertz CT molecular complexity index is 929. The molecular formula is C24H34IN5S. The van der Waals surface area contributed by atoms with Gasteiger partial charge in [-0.25, -0.2) is 0 Å². The Balaban J connectivity index is 0.00000272. The highest BCUT2D eigenvalue weighted by atomic mass is 127. The van der Waals surface area contributed by atoms with Crippen LogP contribution >= 0.6 is 35.3 Å². The molecule has 0 aliphatic carbocycles. The minimum Gasteiger partial charge on any atom is -0.361 e. The van der Waals surface area contributed by atoms with E-state index in [1.165, 1.54) is 47.3 Å². The van der Waals surface area contributed by atoms with Gasteiger partial charge in [-0.05, 0) is 68.3 Å². The van der Waals surface area contributed by atoms with Crippen molar-refractivity contribution in [1.29, 1.82) is 0 Å². The van der Waals surface area contributed by atoms with E-state index in [0.717, 1.165) is 38.6 Å². The average Bonchev–Trinajstić information content (AvgIpc) is 3.43. The lowest BCUT2D eigenvalue weighted by Gasteiger charge is -2.31. The number of nitrogens with one attached hydrogen (secondary N) is 3. The second-order valence-electron chi connectivity index (χ2n) is 8.05. The summed E-state index contributed by atoms with van der Waals surface area (Å²) in [5, 5.41) is 10.4. The van der Waals surface area contributed by atoms with Crippen LogP contribution in [-0.2, 0) is 13.0 Å². The molecule has 5 nitrogen and oxygen atoms in total. The summed E-state index contributed by atoms with van der Waals surface area (Å²) < 4.78 is 0. The van der Waals surface area contributed by atoms with Gasteiger partial charge in [-0.3, -0.25) is 9.89 Å². The van der Waals surface area contributed by atoms with Gasteiger partial charge in [-0.2, -0.15) is 0 Å². The van der Waals surface area contributed by atoms with E-state index in [2.05, 4.69) is 75.4 Å². The first-order valence-corrected chi connectivity index (χ1v) is 12.0. The van der Waals surface area contributed by atoms with E-state index < -0.39 is 0 Å². The van der Waals surface area contributed by atoms with Crippen molar-refractivity contribution in [2.24, 2.45) is 10.9 Å². The third-order valence-electron chi connectivity index (χ3n) is 5.88. The molecule has 0 amide bonds. The molecule has 1 saturated heterocycles. The zero-order valence-electron chi connectivity index (χ0n) is 18.3. The summed E-state index contributed by atoms with van der Waals surface area (Å²) in [6.45, 7) is 8.28. The van der Waals surface area contributed by atoms with Crippen LogP contribution in [0.15, 0.2) is 53.0 Å². The van der Waals surface area contributed by atoms with E-state index in [9.17, 15) is 0 Å². The molecule has 1 aliphatic heterocycles. The molecule has 0 saturated carbocycles. The summed E-state index contributed by atoms with van der Waals surface area (Å²) in [6.07, 6.45) is 5.59. The van der Waals surface area contributed by atoms with Crippen LogP contribution in [0.1, 0.15) is 30.2 Å². The van der Waals surface area contributed by atoms with E-state index in [-0.39, 0.29) is 24.0 Å². The van der Waals surface area contributed by atoms with Crippen LogP contribution in [0, 0.1) is 5.92 Å². The molecule has 2 aromatic heterocycles. The van der Waals surface area contributed by atoms with Crippen molar-refractivity contribution in [1.82, 2.24) is 20.5 Å². The lowest BCUT2D eigenvalue weighted by Crippen LogP contribution is -2.39. The molecule has 1 fully saturated rings. The Morgan fingerprint density at radius 1 is 1.16 bits per heavy atom. The average molecular weight is 552 g/mol. The molecule has 1 aromatic carbocycles. The van der Waals surface area contributed by atoms with Crippen molar-refractivity contribution in [2.75, 3.05) is 32.7 Å². The standard InChI is InChI=1S/C24H33N5S.HI/c1-2-25-24(26-12-9-20-17-27-23-8-4-3-7-22(20)23)28-16-19-10-13-29(14-11-19)18-21-6-5-15-30-21;/h3-8,15,17,19,27H,2,9-14,16,18H2,1H3,(H2,25,26,28);1H. The normalized spacial score (nSPS) is 15.7. The third kappa shape index (κ3) is 6.95. The second-order valence-corrected chi connectivity index (χ2v) is 9.09. The van der Waals surface area contributed by atoms with Gasteiger partial charge in [0, 0.05) is 48.2 Å². The predicted octanol–water partition coefficient (Wildman–Crippen LogP) is 4.86. The number of para-hydroxylation sites is 1. The number of hydrogen-bond donors (Lipinski definition) is 3. The summed E-state index contributed by atoms with van der Waals surface area (Å²) in [4.78, 5) is 12.3. The molecule has 4 rings (SSSR count). The summed E-state index contributed by atoms with van der Waals surface area (Å²) in [5.41, 5.74) is 2.56. The Morgan fingerprint density at radius 2 is 2.00 bits per heavy atom. The number of likely N-dealkylation sites (tertiary alicyclic amines) is 1. The predicted molar refractivity (Wildman–Crippen MR) is 144 cm³/mol. The van der Waals surface area contributed by atoms with Crippen LogP contribution in [0.3, 0.4) is 0 Å². The maximum atomic E-state index is 4.89. The minimum absolute atomic E-state index is 0. The molecule has 168 valence electrons. The monoisotopic (exact) mass is 551 g/mol. The van der Waals surface area contributed by atoms with E-state index >= 15 is 0 Å². The first-order chi connectivity index (χ1) is 14.8. The number of halogens is 1. The molecule has 3 N–H and O–H groups in total. The van der Waals surface area contributed by atoms with Crippen LogP contribution in [0.2, 0.25) is 0 Å². The topological polar surface area (TPSA) is 55.5 Å². The lowest BCUT2D eigenvalue weighted by atomic mass is 9.97. The SMILES string of the molecule is CCNC(=NCC1CCN(Cc2cccs2)CC1)NCCc1c[nH]c2ccccc12.I. The number of fused-ring (bicyclic) bond motifs is 1. The molecule has 7 heteroatoms. The van der Waals surface area contributed by atoms with Crippen molar-refractivity contribution in [3.8, 4) is 0 Å². The summed E-state index contributed by atoms with van der Waals surface area (Å²) >= 11 is 1.86. The molecule has 0 unspecified atom stereocenters. The summed E-state index contributed by atoms with van der Waals surface area (Å²) in [6, 6.07) is 12.9. The molecule has 0 bridgehead atoms. The van der Waals surface area contributed by atoms with Crippen LogP contribution in [0.5, 0.6) is 0 Å². The number of aromatic amines is 1. The largest absolute Gasteiger partial charge is 0.361 e. The fraction of sp³-hybridized carbons (Fsp3) is 0.458. The van der Waals surface area contributed by atoms with E-state index in [1.807, 2.05) is 11.3 Å².